The van der Waals surface area contributed by atoms with E-state index in [1.165, 1.54) is 6.26 Å². The van der Waals surface area contributed by atoms with Crippen LogP contribution in [0.15, 0.2) is 18.5 Å². The minimum atomic E-state index is -2.90. The number of imidazole rings is 1. The number of pyridine rings is 1. The first-order valence-corrected chi connectivity index (χ1v) is 11.1. The van der Waals surface area contributed by atoms with Gasteiger partial charge in [0.2, 0.25) is 0 Å². The van der Waals surface area contributed by atoms with Crippen molar-refractivity contribution in [2.45, 2.75) is 44.8 Å². The second kappa shape index (κ2) is 6.66. The number of hydrogen-bond acceptors (Lipinski definition) is 5. The predicted octanol–water partition coefficient (Wildman–Crippen LogP) is 2.57. The summed E-state index contributed by atoms with van der Waals surface area (Å²) in [6.45, 7) is -0.103. The van der Waals surface area contributed by atoms with Crippen LogP contribution in [0.1, 0.15) is 44.0 Å². The topological polar surface area (TPSA) is 101 Å². The van der Waals surface area contributed by atoms with Crippen LogP contribution in [0.4, 0.5) is 0 Å². The van der Waals surface area contributed by atoms with Crippen LogP contribution in [-0.4, -0.2) is 45.1 Å². The number of hydrogen-bond donors (Lipinski definition) is 2. The Morgan fingerprint density at radius 2 is 2.08 bits per heavy atom. The minimum absolute atomic E-state index is 0.103. The number of fused-ring (bicyclic) bond motifs is 3. The zero-order chi connectivity index (χ0) is 18.3. The molecule has 140 valence electrons. The van der Waals surface area contributed by atoms with Gasteiger partial charge in [-0.3, -0.25) is 0 Å². The smallest absolute Gasteiger partial charge is 0.147 e. The van der Waals surface area contributed by atoms with Crippen LogP contribution in [0.5, 0.6) is 0 Å². The largest absolute Gasteiger partial charge is 0.388 e. The maximum absolute atomic E-state index is 11.4. The van der Waals surface area contributed by atoms with Gasteiger partial charge in [0.1, 0.15) is 33.4 Å². The van der Waals surface area contributed by atoms with Gasteiger partial charge in [-0.15, -0.1) is 0 Å². The highest BCUT2D eigenvalue weighted by molar-refractivity contribution is 7.90. The lowest BCUT2D eigenvalue weighted by atomic mass is 9.84. The maximum Gasteiger partial charge on any atom is 0.147 e. The van der Waals surface area contributed by atoms with Crippen molar-refractivity contribution < 1.29 is 13.5 Å². The minimum Gasteiger partial charge on any atom is -0.388 e. The molecule has 0 atom stereocenters. The molecule has 0 spiro atoms. The van der Waals surface area contributed by atoms with Gasteiger partial charge < -0.3 is 14.7 Å². The summed E-state index contributed by atoms with van der Waals surface area (Å²) in [6.07, 6.45) is 9.63. The zero-order valence-electron chi connectivity index (χ0n) is 14.9. The zero-order valence-corrected chi connectivity index (χ0v) is 15.7. The number of aliphatic hydroxyl groups is 1. The molecule has 0 unspecified atom stereocenters. The SMILES string of the molecule is CS(=O)(=O)CC[C@H]1CC[C@H](n2c(CO)nc3cnc4[nH]ccc4c32)CC1. The number of rotatable bonds is 5. The van der Waals surface area contributed by atoms with Crippen molar-refractivity contribution in [1.29, 1.82) is 0 Å². The van der Waals surface area contributed by atoms with Crippen molar-refractivity contribution >= 4 is 31.9 Å². The van der Waals surface area contributed by atoms with E-state index >= 15 is 0 Å². The van der Waals surface area contributed by atoms with Gasteiger partial charge in [-0.25, -0.2) is 18.4 Å². The number of nitrogens with one attached hydrogen (secondary N) is 1. The van der Waals surface area contributed by atoms with E-state index in [2.05, 4.69) is 19.5 Å². The molecule has 0 aromatic carbocycles. The molecule has 0 amide bonds. The Kier molecular flexibility index (Phi) is 4.48. The van der Waals surface area contributed by atoms with Crippen LogP contribution in [0.25, 0.3) is 22.1 Å². The molecule has 26 heavy (non-hydrogen) atoms. The molecule has 1 aliphatic rings. The van der Waals surface area contributed by atoms with Crippen molar-refractivity contribution in [1.82, 2.24) is 19.5 Å². The number of sulfone groups is 1. The Labute approximate surface area is 152 Å². The second-order valence-electron chi connectivity index (χ2n) is 7.38. The number of H-pyrrole nitrogens is 1. The lowest BCUT2D eigenvalue weighted by Gasteiger charge is -2.30. The van der Waals surface area contributed by atoms with E-state index in [4.69, 9.17) is 0 Å². The van der Waals surface area contributed by atoms with Gasteiger partial charge in [0.25, 0.3) is 0 Å². The average molecular weight is 376 g/mol. The highest BCUT2D eigenvalue weighted by Crippen LogP contribution is 2.38. The molecule has 3 aromatic rings. The van der Waals surface area contributed by atoms with E-state index in [1.807, 2.05) is 12.3 Å². The van der Waals surface area contributed by atoms with Crippen molar-refractivity contribution in [2.75, 3.05) is 12.0 Å². The van der Waals surface area contributed by atoms with Crippen LogP contribution in [-0.2, 0) is 16.4 Å². The first kappa shape index (κ1) is 17.5. The Bertz CT molecular complexity index is 1030. The summed E-state index contributed by atoms with van der Waals surface area (Å²) < 4.78 is 25.0. The second-order valence-corrected chi connectivity index (χ2v) is 9.64. The summed E-state index contributed by atoms with van der Waals surface area (Å²) in [4.78, 5) is 12.1. The molecular weight excluding hydrogens is 352 g/mol. The van der Waals surface area contributed by atoms with E-state index in [0.29, 0.717) is 11.7 Å². The quantitative estimate of drug-likeness (QED) is 0.713. The van der Waals surface area contributed by atoms with Crippen LogP contribution < -0.4 is 0 Å². The van der Waals surface area contributed by atoms with Crippen molar-refractivity contribution in [2.24, 2.45) is 5.92 Å². The normalized spacial score (nSPS) is 21.6. The van der Waals surface area contributed by atoms with Gasteiger partial charge in [0.15, 0.2) is 0 Å². The Morgan fingerprint density at radius 3 is 2.77 bits per heavy atom. The molecule has 0 radical (unpaired) electrons. The molecule has 3 heterocycles. The molecule has 0 aliphatic heterocycles. The van der Waals surface area contributed by atoms with Gasteiger partial charge >= 0.3 is 0 Å². The Hall–Kier alpha value is -1.93. The third kappa shape index (κ3) is 3.23. The van der Waals surface area contributed by atoms with E-state index in [9.17, 15) is 13.5 Å². The van der Waals surface area contributed by atoms with Gasteiger partial charge in [-0.2, -0.15) is 0 Å². The average Bonchev–Trinajstić information content (AvgIpc) is 3.23. The highest BCUT2D eigenvalue weighted by Gasteiger charge is 2.27. The fourth-order valence-electron chi connectivity index (χ4n) is 4.22. The summed E-state index contributed by atoms with van der Waals surface area (Å²) in [7, 11) is -2.90. The van der Waals surface area contributed by atoms with E-state index < -0.39 is 9.84 Å². The molecule has 1 saturated carbocycles. The first-order valence-electron chi connectivity index (χ1n) is 9.08. The summed E-state index contributed by atoms with van der Waals surface area (Å²) in [5.41, 5.74) is 2.66. The molecule has 7 nitrogen and oxygen atoms in total. The van der Waals surface area contributed by atoms with Gasteiger partial charge in [0.05, 0.1) is 17.5 Å². The lowest BCUT2D eigenvalue weighted by Crippen LogP contribution is -2.21. The van der Waals surface area contributed by atoms with Gasteiger partial charge in [-0.05, 0) is 44.1 Å². The van der Waals surface area contributed by atoms with Crippen molar-refractivity contribution in [3.8, 4) is 0 Å². The maximum atomic E-state index is 11.4. The Morgan fingerprint density at radius 1 is 1.31 bits per heavy atom. The third-order valence-electron chi connectivity index (χ3n) is 5.53. The molecule has 1 fully saturated rings. The summed E-state index contributed by atoms with van der Waals surface area (Å²) in [5.74, 6) is 1.41. The number of aliphatic hydroxyl groups excluding tert-OH is 1. The predicted molar refractivity (Wildman–Crippen MR) is 101 cm³/mol. The van der Waals surface area contributed by atoms with E-state index in [0.717, 1.165) is 54.2 Å². The summed E-state index contributed by atoms with van der Waals surface area (Å²) in [5, 5.41) is 10.8. The number of aromatic amines is 1. The highest BCUT2D eigenvalue weighted by atomic mass is 32.2. The van der Waals surface area contributed by atoms with Crippen LogP contribution in [0.3, 0.4) is 0 Å². The molecule has 0 saturated heterocycles. The van der Waals surface area contributed by atoms with E-state index in [-0.39, 0.29) is 18.4 Å². The van der Waals surface area contributed by atoms with Crippen LogP contribution in [0.2, 0.25) is 0 Å². The molecule has 0 bridgehead atoms. The standard InChI is InChI=1S/C18H24N4O3S/c1-26(24,25)9-7-12-2-4-13(5-3-12)22-16(11-23)21-15-10-20-18-14(17(15)22)6-8-19-18/h6,8,10,12-13,23H,2-5,7,9,11H2,1H3,(H,19,20)/t12-,13-. The molecule has 8 heteroatoms. The monoisotopic (exact) mass is 376 g/mol. The third-order valence-corrected chi connectivity index (χ3v) is 6.50. The molecule has 4 rings (SSSR count). The molecule has 2 N–H and O–H groups in total. The fourth-order valence-corrected chi connectivity index (χ4v) is 4.98. The first-order chi connectivity index (χ1) is 12.5. The van der Waals surface area contributed by atoms with Crippen molar-refractivity contribution in [3.05, 3.63) is 24.3 Å². The number of nitrogens with zero attached hydrogens (tertiary/aromatic N) is 3. The Balaban J connectivity index is 1.62. The van der Waals surface area contributed by atoms with Gasteiger partial charge in [0, 0.05) is 23.9 Å². The number of aromatic nitrogens is 4. The van der Waals surface area contributed by atoms with Crippen LogP contribution >= 0.6 is 0 Å². The van der Waals surface area contributed by atoms with E-state index in [1.54, 1.807) is 6.20 Å². The molecular formula is C18H24N4O3S. The van der Waals surface area contributed by atoms with Crippen molar-refractivity contribution in [3.63, 3.8) is 0 Å². The molecule has 1 aliphatic carbocycles. The lowest BCUT2D eigenvalue weighted by molar-refractivity contribution is 0.236. The summed E-state index contributed by atoms with van der Waals surface area (Å²) in [6, 6.07) is 2.28. The van der Waals surface area contributed by atoms with Crippen LogP contribution in [0, 0.1) is 5.92 Å². The fraction of sp³-hybridized carbons (Fsp3) is 0.556. The molecule has 3 aromatic heterocycles. The van der Waals surface area contributed by atoms with Gasteiger partial charge in [-0.1, -0.05) is 0 Å². The summed E-state index contributed by atoms with van der Waals surface area (Å²) >= 11 is 0.